The Kier molecular flexibility index (Phi) is 4.88. The summed E-state index contributed by atoms with van der Waals surface area (Å²) >= 11 is 5.88. The lowest BCUT2D eigenvalue weighted by atomic mass is 10.1. The summed E-state index contributed by atoms with van der Waals surface area (Å²) in [7, 11) is 0. The van der Waals surface area contributed by atoms with E-state index in [0.29, 0.717) is 23.3 Å². The number of aliphatic hydroxyl groups excluding tert-OH is 1. The van der Waals surface area contributed by atoms with Crippen LogP contribution in [0.4, 0.5) is 11.9 Å². The van der Waals surface area contributed by atoms with E-state index >= 15 is 0 Å². The first-order chi connectivity index (χ1) is 11.7. The van der Waals surface area contributed by atoms with Crippen LogP contribution in [0.5, 0.6) is 0 Å². The first kappa shape index (κ1) is 16.2. The highest BCUT2D eigenvalue weighted by Crippen LogP contribution is 2.22. The molecule has 0 bridgehead atoms. The molecular formula is C17H16ClN5O. The largest absolute Gasteiger partial charge is 0.392 e. The molecule has 3 aromatic rings. The number of benzene rings is 2. The average Bonchev–Trinajstić information content (AvgIpc) is 2.61. The number of anilines is 2. The molecule has 0 unspecified atom stereocenters. The van der Waals surface area contributed by atoms with Crippen molar-refractivity contribution in [1.29, 1.82) is 0 Å². The number of nitrogens with one attached hydrogen (secondary N) is 1. The maximum absolute atomic E-state index is 9.46. The molecule has 2 aromatic carbocycles. The van der Waals surface area contributed by atoms with Gasteiger partial charge in [0.1, 0.15) is 0 Å². The van der Waals surface area contributed by atoms with Crippen molar-refractivity contribution in [2.24, 2.45) is 0 Å². The SMILES string of the molecule is Nc1nc(NCc2ccc(Cl)cc2)nc(-c2ccccc2CO)n1. The van der Waals surface area contributed by atoms with Gasteiger partial charge < -0.3 is 16.2 Å². The summed E-state index contributed by atoms with van der Waals surface area (Å²) in [6.07, 6.45) is 0. The maximum Gasteiger partial charge on any atom is 0.228 e. The third-order valence-corrected chi connectivity index (χ3v) is 3.70. The fourth-order valence-electron chi connectivity index (χ4n) is 2.25. The monoisotopic (exact) mass is 341 g/mol. The second kappa shape index (κ2) is 7.25. The molecule has 3 rings (SSSR count). The Labute approximate surface area is 144 Å². The molecule has 1 aromatic heterocycles. The molecule has 7 heteroatoms. The molecule has 0 radical (unpaired) electrons. The summed E-state index contributed by atoms with van der Waals surface area (Å²) < 4.78 is 0. The highest BCUT2D eigenvalue weighted by Gasteiger charge is 2.10. The number of nitrogens with zero attached hydrogens (tertiary/aromatic N) is 3. The number of nitrogens with two attached hydrogens (primary N) is 1. The van der Waals surface area contributed by atoms with E-state index in [2.05, 4.69) is 20.3 Å². The summed E-state index contributed by atoms with van der Waals surface area (Å²) in [6.45, 7) is 0.428. The molecule has 0 fully saturated rings. The highest BCUT2D eigenvalue weighted by atomic mass is 35.5. The average molecular weight is 342 g/mol. The summed E-state index contributed by atoms with van der Waals surface area (Å²) in [4.78, 5) is 12.7. The van der Waals surface area contributed by atoms with Gasteiger partial charge in [0.25, 0.3) is 0 Å². The van der Waals surface area contributed by atoms with Gasteiger partial charge in [-0.25, -0.2) is 0 Å². The van der Waals surface area contributed by atoms with E-state index in [1.807, 2.05) is 48.5 Å². The van der Waals surface area contributed by atoms with Crippen molar-refractivity contribution in [1.82, 2.24) is 15.0 Å². The van der Waals surface area contributed by atoms with Gasteiger partial charge in [0.2, 0.25) is 11.9 Å². The third-order valence-electron chi connectivity index (χ3n) is 3.45. The Morgan fingerprint density at radius 2 is 1.75 bits per heavy atom. The van der Waals surface area contributed by atoms with Gasteiger partial charge in [-0.2, -0.15) is 15.0 Å². The van der Waals surface area contributed by atoms with Crippen molar-refractivity contribution >= 4 is 23.5 Å². The molecule has 1 heterocycles. The van der Waals surface area contributed by atoms with Crippen molar-refractivity contribution < 1.29 is 5.11 Å². The van der Waals surface area contributed by atoms with E-state index in [1.165, 1.54) is 0 Å². The first-order valence-electron chi connectivity index (χ1n) is 7.34. The lowest BCUT2D eigenvalue weighted by molar-refractivity contribution is 0.282. The molecule has 4 N–H and O–H groups in total. The molecule has 0 aliphatic heterocycles. The Morgan fingerprint density at radius 1 is 1.00 bits per heavy atom. The van der Waals surface area contributed by atoms with Crippen molar-refractivity contribution in [2.45, 2.75) is 13.2 Å². The van der Waals surface area contributed by atoms with Crippen LogP contribution < -0.4 is 11.1 Å². The molecule has 0 aliphatic rings. The van der Waals surface area contributed by atoms with Gasteiger partial charge >= 0.3 is 0 Å². The van der Waals surface area contributed by atoms with Crippen LogP contribution in [-0.2, 0) is 13.2 Å². The highest BCUT2D eigenvalue weighted by molar-refractivity contribution is 6.30. The van der Waals surface area contributed by atoms with E-state index in [9.17, 15) is 5.11 Å². The molecule has 6 nitrogen and oxygen atoms in total. The van der Waals surface area contributed by atoms with E-state index in [-0.39, 0.29) is 12.6 Å². The van der Waals surface area contributed by atoms with Crippen LogP contribution in [0, 0.1) is 0 Å². The zero-order chi connectivity index (χ0) is 16.9. The Balaban J connectivity index is 1.85. The van der Waals surface area contributed by atoms with E-state index < -0.39 is 0 Å². The standard InChI is InChI=1S/C17H16ClN5O/c18-13-7-5-11(6-8-13)9-20-17-22-15(21-16(19)23-17)14-4-2-1-3-12(14)10-24/h1-8,24H,9-10H2,(H3,19,20,21,22,23). The number of aromatic nitrogens is 3. The van der Waals surface area contributed by atoms with Gasteiger partial charge in [0.05, 0.1) is 6.61 Å². The van der Waals surface area contributed by atoms with Crippen LogP contribution in [-0.4, -0.2) is 20.1 Å². The number of hydrogen-bond donors (Lipinski definition) is 3. The second-order valence-electron chi connectivity index (χ2n) is 5.14. The molecular weight excluding hydrogens is 326 g/mol. The first-order valence-corrected chi connectivity index (χ1v) is 7.72. The Bertz CT molecular complexity index is 839. The zero-order valence-electron chi connectivity index (χ0n) is 12.8. The van der Waals surface area contributed by atoms with Gasteiger partial charge in [0, 0.05) is 17.1 Å². The van der Waals surface area contributed by atoms with Crippen molar-refractivity contribution in [3.63, 3.8) is 0 Å². The topological polar surface area (TPSA) is 97.0 Å². The number of aliphatic hydroxyl groups is 1. The second-order valence-corrected chi connectivity index (χ2v) is 5.57. The Morgan fingerprint density at radius 3 is 2.50 bits per heavy atom. The van der Waals surface area contributed by atoms with E-state index in [0.717, 1.165) is 16.7 Å². The minimum atomic E-state index is -0.102. The molecule has 24 heavy (non-hydrogen) atoms. The van der Waals surface area contributed by atoms with Crippen LogP contribution in [0.25, 0.3) is 11.4 Å². The quantitative estimate of drug-likeness (QED) is 0.660. The number of rotatable bonds is 5. The molecule has 0 saturated carbocycles. The van der Waals surface area contributed by atoms with Crippen LogP contribution in [0.1, 0.15) is 11.1 Å². The predicted octanol–water partition coefficient (Wildman–Crippen LogP) is 2.88. The fourth-order valence-corrected chi connectivity index (χ4v) is 2.38. The molecule has 0 spiro atoms. The van der Waals surface area contributed by atoms with Crippen LogP contribution in [0.2, 0.25) is 5.02 Å². The summed E-state index contributed by atoms with van der Waals surface area (Å²) in [5, 5.41) is 13.3. The number of nitrogen functional groups attached to an aromatic ring is 1. The van der Waals surface area contributed by atoms with Gasteiger partial charge in [0.15, 0.2) is 5.82 Å². The molecule has 0 saturated heterocycles. The lowest BCUT2D eigenvalue weighted by Crippen LogP contribution is -2.08. The minimum absolute atomic E-state index is 0.102. The normalized spacial score (nSPS) is 10.6. The molecule has 0 atom stereocenters. The molecule has 0 amide bonds. The fraction of sp³-hybridized carbons (Fsp3) is 0.118. The van der Waals surface area contributed by atoms with Gasteiger partial charge in [-0.15, -0.1) is 0 Å². The maximum atomic E-state index is 9.46. The van der Waals surface area contributed by atoms with Crippen molar-refractivity contribution in [2.75, 3.05) is 11.1 Å². The molecule has 122 valence electrons. The smallest absolute Gasteiger partial charge is 0.228 e. The molecule has 0 aliphatic carbocycles. The van der Waals surface area contributed by atoms with Gasteiger partial charge in [-0.05, 0) is 23.3 Å². The third kappa shape index (κ3) is 3.79. The summed E-state index contributed by atoms with van der Waals surface area (Å²) in [6, 6.07) is 14.8. The lowest BCUT2D eigenvalue weighted by Gasteiger charge is -2.09. The van der Waals surface area contributed by atoms with E-state index in [1.54, 1.807) is 0 Å². The van der Waals surface area contributed by atoms with Crippen molar-refractivity contribution in [3.05, 3.63) is 64.7 Å². The minimum Gasteiger partial charge on any atom is -0.392 e. The Hall–Kier alpha value is -2.70. The number of halogens is 1. The van der Waals surface area contributed by atoms with Crippen LogP contribution in [0.15, 0.2) is 48.5 Å². The van der Waals surface area contributed by atoms with Crippen LogP contribution >= 0.6 is 11.6 Å². The summed E-state index contributed by atoms with van der Waals surface area (Å²) in [5.74, 6) is 0.914. The zero-order valence-corrected chi connectivity index (χ0v) is 13.5. The summed E-state index contributed by atoms with van der Waals surface area (Å²) in [5.41, 5.74) is 8.29. The van der Waals surface area contributed by atoms with Crippen LogP contribution in [0.3, 0.4) is 0 Å². The van der Waals surface area contributed by atoms with Gasteiger partial charge in [-0.1, -0.05) is 48.0 Å². The number of hydrogen-bond acceptors (Lipinski definition) is 6. The van der Waals surface area contributed by atoms with Crippen molar-refractivity contribution in [3.8, 4) is 11.4 Å². The predicted molar refractivity (Wildman–Crippen MR) is 94.4 cm³/mol. The van der Waals surface area contributed by atoms with Gasteiger partial charge in [-0.3, -0.25) is 0 Å². The van der Waals surface area contributed by atoms with E-state index in [4.69, 9.17) is 17.3 Å².